The smallest absolute Gasteiger partial charge is 0.317 e. The Balaban J connectivity index is 1.56. The minimum atomic E-state index is -1.87. The number of aliphatic hydroxyl groups is 3. The second kappa shape index (κ2) is 10.6. The molecule has 2 heterocycles. The largest absolute Gasteiger partial charge is 0.478 e. The lowest BCUT2D eigenvalue weighted by atomic mass is 9.70. The van der Waals surface area contributed by atoms with Crippen LogP contribution in [0.4, 0.5) is 9.18 Å². The number of ether oxygens (including phenoxy) is 1. The average Bonchev–Trinajstić information content (AvgIpc) is 3.38. The number of aliphatic hydroxyl groups excluding tert-OH is 2. The van der Waals surface area contributed by atoms with Crippen molar-refractivity contribution in [1.82, 2.24) is 15.1 Å². The molecule has 0 spiro atoms. The molecule has 0 unspecified atom stereocenters. The standard InChI is InChI=1S/C31H33ClFN3O5/c1-35-9-11-36(12-10-35)29(39)34-27-16-25(20-3-2-4-24(33)15-20)31(22-5-7-23(32)8-6-22)30(27,40)28-21(18-38)13-19(17-37)14-26(28)41-31/h2-8,13-15,25,27,37-38,40H,9-12,16-18H2,1H3,(H,34,39)/t25-,27-,30+,31-/m0/s1. The van der Waals surface area contributed by atoms with Crippen molar-refractivity contribution in [1.29, 1.82) is 0 Å². The number of carbonyl (C=O) groups excluding carboxylic acids is 1. The summed E-state index contributed by atoms with van der Waals surface area (Å²) in [4.78, 5) is 17.5. The van der Waals surface area contributed by atoms with Crippen LogP contribution in [0.1, 0.15) is 40.2 Å². The van der Waals surface area contributed by atoms with Gasteiger partial charge in [0.1, 0.15) is 11.6 Å². The van der Waals surface area contributed by atoms with Crippen LogP contribution >= 0.6 is 11.6 Å². The molecule has 6 rings (SSSR count). The highest BCUT2D eigenvalue weighted by Gasteiger charge is 2.73. The van der Waals surface area contributed by atoms with Crippen molar-refractivity contribution in [2.45, 2.75) is 42.8 Å². The van der Waals surface area contributed by atoms with Gasteiger partial charge < -0.3 is 35.2 Å². The molecule has 0 bridgehead atoms. The van der Waals surface area contributed by atoms with Gasteiger partial charge in [-0.1, -0.05) is 41.9 Å². The topological polar surface area (TPSA) is 106 Å². The number of hydrogen-bond acceptors (Lipinski definition) is 6. The Hall–Kier alpha value is -3.21. The maximum Gasteiger partial charge on any atom is 0.317 e. The molecule has 216 valence electrons. The van der Waals surface area contributed by atoms with E-state index >= 15 is 0 Å². The first kappa shape index (κ1) is 27.9. The monoisotopic (exact) mass is 581 g/mol. The molecule has 41 heavy (non-hydrogen) atoms. The Kier molecular flexibility index (Phi) is 7.20. The third kappa shape index (κ3) is 4.38. The minimum Gasteiger partial charge on any atom is -0.478 e. The van der Waals surface area contributed by atoms with Gasteiger partial charge in [0.2, 0.25) is 0 Å². The fraction of sp³-hybridized carbons (Fsp3) is 0.387. The van der Waals surface area contributed by atoms with Crippen LogP contribution in [0.5, 0.6) is 5.75 Å². The Morgan fingerprint density at radius 1 is 1.07 bits per heavy atom. The number of rotatable bonds is 5. The van der Waals surface area contributed by atoms with Gasteiger partial charge in [0.15, 0.2) is 11.2 Å². The van der Waals surface area contributed by atoms with E-state index in [1.165, 1.54) is 12.1 Å². The Bertz CT molecular complexity index is 1460. The fourth-order valence-corrected chi connectivity index (χ4v) is 7.06. The predicted molar refractivity (Wildman–Crippen MR) is 151 cm³/mol. The summed E-state index contributed by atoms with van der Waals surface area (Å²) in [6.45, 7) is 1.81. The number of fused-ring (bicyclic) bond motifs is 3. The van der Waals surface area contributed by atoms with E-state index in [1.807, 2.05) is 7.05 Å². The normalized spacial score (nSPS) is 27.3. The Morgan fingerprint density at radius 3 is 2.46 bits per heavy atom. The van der Waals surface area contributed by atoms with Crippen LogP contribution in [0.25, 0.3) is 0 Å². The van der Waals surface area contributed by atoms with E-state index in [0.717, 1.165) is 13.1 Å². The Labute approximate surface area is 242 Å². The molecule has 1 saturated heterocycles. The molecular formula is C31H33ClFN3O5. The molecule has 0 radical (unpaired) electrons. The summed E-state index contributed by atoms with van der Waals surface area (Å²) in [6.07, 6.45) is 0.230. The molecule has 0 aromatic heterocycles. The molecule has 1 aliphatic carbocycles. The molecule has 8 nitrogen and oxygen atoms in total. The van der Waals surface area contributed by atoms with Crippen molar-refractivity contribution in [3.8, 4) is 5.75 Å². The van der Waals surface area contributed by atoms with Crippen molar-refractivity contribution in [2.24, 2.45) is 0 Å². The highest BCUT2D eigenvalue weighted by molar-refractivity contribution is 6.30. The molecule has 3 aromatic carbocycles. The van der Waals surface area contributed by atoms with E-state index < -0.39 is 35.6 Å². The van der Waals surface area contributed by atoms with Crippen LogP contribution in [-0.2, 0) is 24.4 Å². The zero-order valence-corrected chi connectivity index (χ0v) is 23.4. The lowest BCUT2D eigenvalue weighted by Gasteiger charge is -2.42. The average molecular weight is 582 g/mol. The maximum atomic E-state index is 14.6. The Morgan fingerprint density at radius 2 is 1.80 bits per heavy atom. The minimum absolute atomic E-state index is 0.230. The second-order valence-corrected chi connectivity index (χ2v) is 11.6. The summed E-state index contributed by atoms with van der Waals surface area (Å²) in [5.41, 5.74) is -0.995. The molecule has 4 atom stereocenters. The lowest BCUT2D eigenvalue weighted by Crippen LogP contribution is -2.59. The second-order valence-electron chi connectivity index (χ2n) is 11.2. The molecule has 2 amide bonds. The van der Waals surface area contributed by atoms with Gasteiger partial charge in [-0.15, -0.1) is 0 Å². The van der Waals surface area contributed by atoms with E-state index in [1.54, 1.807) is 53.4 Å². The maximum absolute atomic E-state index is 14.6. The molecule has 3 aromatic rings. The number of halogens is 2. The summed E-state index contributed by atoms with van der Waals surface area (Å²) in [5, 5.41) is 37.1. The zero-order valence-electron chi connectivity index (χ0n) is 22.7. The fourth-order valence-electron chi connectivity index (χ4n) is 6.93. The van der Waals surface area contributed by atoms with Crippen molar-refractivity contribution in [3.63, 3.8) is 0 Å². The van der Waals surface area contributed by atoms with Crippen molar-refractivity contribution in [3.05, 3.63) is 99.3 Å². The number of nitrogens with one attached hydrogen (secondary N) is 1. The first-order valence-electron chi connectivity index (χ1n) is 13.8. The molecule has 4 N–H and O–H groups in total. The van der Waals surface area contributed by atoms with Crippen molar-refractivity contribution in [2.75, 3.05) is 33.2 Å². The first-order valence-corrected chi connectivity index (χ1v) is 14.1. The molecule has 1 saturated carbocycles. The number of likely N-dealkylation sites (N-methyl/N-ethyl adjacent to an activating group) is 1. The van der Waals surface area contributed by atoms with Crippen LogP contribution in [0.15, 0.2) is 60.7 Å². The third-order valence-electron chi connectivity index (χ3n) is 8.89. The first-order chi connectivity index (χ1) is 19.7. The highest BCUT2D eigenvalue weighted by Crippen LogP contribution is 2.67. The van der Waals surface area contributed by atoms with E-state index in [2.05, 4.69) is 10.2 Å². The van der Waals surface area contributed by atoms with E-state index in [4.69, 9.17) is 16.3 Å². The van der Waals surface area contributed by atoms with E-state index in [-0.39, 0.29) is 24.8 Å². The summed E-state index contributed by atoms with van der Waals surface area (Å²) in [5.74, 6) is -0.756. The number of benzene rings is 3. The van der Waals surface area contributed by atoms with Crippen LogP contribution in [0.2, 0.25) is 5.02 Å². The van der Waals surface area contributed by atoms with E-state index in [9.17, 15) is 24.5 Å². The molecule has 2 fully saturated rings. The number of urea groups is 1. The third-order valence-corrected chi connectivity index (χ3v) is 9.15. The SMILES string of the molecule is CN1CCN(C(=O)N[C@H]2C[C@@H](c3cccc(F)c3)[C@]3(c4ccc(Cl)cc4)Oc4cc(CO)cc(CO)c4[C@]23O)CC1. The van der Waals surface area contributed by atoms with Gasteiger partial charge in [0.05, 0.1) is 19.3 Å². The summed E-state index contributed by atoms with van der Waals surface area (Å²) < 4.78 is 21.4. The van der Waals surface area contributed by atoms with Crippen LogP contribution in [0, 0.1) is 5.82 Å². The summed E-state index contributed by atoms with van der Waals surface area (Å²) in [7, 11) is 2.00. The molecule has 3 aliphatic rings. The van der Waals surface area contributed by atoms with Gasteiger partial charge in [-0.2, -0.15) is 0 Å². The number of piperazine rings is 1. The lowest BCUT2D eigenvalue weighted by molar-refractivity contribution is -0.116. The van der Waals surface area contributed by atoms with Gasteiger partial charge in [-0.25, -0.2) is 9.18 Å². The summed E-state index contributed by atoms with van der Waals surface area (Å²) >= 11 is 6.26. The number of amides is 2. The van der Waals surface area contributed by atoms with Crippen molar-refractivity contribution < 1.29 is 29.2 Å². The quantitative estimate of drug-likeness (QED) is 0.368. The van der Waals surface area contributed by atoms with Crippen molar-refractivity contribution >= 4 is 17.6 Å². The number of carbonyl (C=O) groups is 1. The van der Waals surface area contributed by atoms with Crippen LogP contribution in [0.3, 0.4) is 0 Å². The predicted octanol–water partition coefficient (Wildman–Crippen LogP) is 3.45. The molecule has 10 heteroatoms. The summed E-state index contributed by atoms with van der Waals surface area (Å²) in [6, 6.07) is 15.2. The highest BCUT2D eigenvalue weighted by atomic mass is 35.5. The molecular weight excluding hydrogens is 549 g/mol. The zero-order chi connectivity index (χ0) is 28.9. The van der Waals surface area contributed by atoms with E-state index in [0.29, 0.717) is 45.9 Å². The van der Waals surface area contributed by atoms with Gasteiger partial charge in [-0.3, -0.25) is 0 Å². The van der Waals surface area contributed by atoms with Gasteiger partial charge in [-0.05, 0) is 66.1 Å². The van der Waals surface area contributed by atoms with Crippen LogP contribution < -0.4 is 10.1 Å². The number of nitrogens with zero attached hydrogens (tertiary/aromatic N) is 2. The molecule has 2 aliphatic heterocycles. The van der Waals surface area contributed by atoms with Gasteiger partial charge in [0.25, 0.3) is 0 Å². The number of hydrogen-bond donors (Lipinski definition) is 4. The van der Waals surface area contributed by atoms with Gasteiger partial charge >= 0.3 is 6.03 Å². The van der Waals surface area contributed by atoms with Crippen LogP contribution in [-0.4, -0.2) is 70.4 Å². The van der Waals surface area contributed by atoms with Gasteiger partial charge in [0, 0.05) is 42.7 Å².